The second-order valence-corrected chi connectivity index (χ2v) is 3.75. The number of Topliss-reactive ketones (excluding diaryl/α,β-unsaturated/α-hetero) is 1. The summed E-state index contributed by atoms with van der Waals surface area (Å²) in [6.07, 6.45) is 3.94. The van der Waals surface area contributed by atoms with Crippen molar-refractivity contribution in [3.05, 3.63) is 11.6 Å². The summed E-state index contributed by atoms with van der Waals surface area (Å²) in [4.78, 5) is 11.2. The van der Waals surface area contributed by atoms with Crippen LogP contribution in [0.25, 0.3) is 0 Å². The van der Waals surface area contributed by atoms with Crippen LogP contribution >= 0.6 is 0 Å². The minimum atomic E-state index is 0.343. The largest absolute Gasteiger partial charge is 0.295 e. The van der Waals surface area contributed by atoms with E-state index in [0.29, 0.717) is 17.6 Å². The SMILES string of the molecule is CC1=CCC(C(C)C)CC1=O. The number of carbonyl (C=O) groups is 1. The van der Waals surface area contributed by atoms with Gasteiger partial charge in [0.15, 0.2) is 5.78 Å². The Labute approximate surface area is 68.5 Å². The molecule has 1 unspecified atom stereocenters. The Morgan fingerprint density at radius 1 is 1.55 bits per heavy atom. The fourth-order valence-electron chi connectivity index (χ4n) is 1.43. The summed E-state index contributed by atoms with van der Waals surface area (Å²) < 4.78 is 0. The van der Waals surface area contributed by atoms with Gasteiger partial charge in [-0.3, -0.25) is 4.79 Å². The summed E-state index contributed by atoms with van der Waals surface area (Å²) in [6.45, 7) is 6.29. The summed E-state index contributed by atoms with van der Waals surface area (Å²) in [5.41, 5.74) is 0.960. The first-order valence-corrected chi connectivity index (χ1v) is 4.31. The molecule has 1 nitrogen and oxygen atoms in total. The van der Waals surface area contributed by atoms with Crippen molar-refractivity contribution in [1.29, 1.82) is 0 Å². The minimum absolute atomic E-state index is 0.343. The predicted molar refractivity (Wildman–Crippen MR) is 46.3 cm³/mol. The van der Waals surface area contributed by atoms with Gasteiger partial charge in [-0.05, 0) is 30.8 Å². The molecule has 0 aromatic carbocycles. The van der Waals surface area contributed by atoms with Crippen molar-refractivity contribution in [2.45, 2.75) is 33.6 Å². The van der Waals surface area contributed by atoms with E-state index in [1.165, 1.54) is 0 Å². The van der Waals surface area contributed by atoms with Crippen LogP contribution in [-0.2, 0) is 4.79 Å². The van der Waals surface area contributed by atoms with Crippen LogP contribution in [0.5, 0.6) is 0 Å². The average Bonchev–Trinajstić information content (AvgIpc) is 1.94. The third-order valence-corrected chi connectivity index (χ3v) is 2.56. The number of ketones is 1. The minimum Gasteiger partial charge on any atom is -0.295 e. The molecule has 1 aliphatic carbocycles. The third-order valence-electron chi connectivity index (χ3n) is 2.56. The lowest BCUT2D eigenvalue weighted by Crippen LogP contribution is -2.18. The summed E-state index contributed by atoms with van der Waals surface area (Å²) in [5.74, 6) is 1.57. The summed E-state index contributed by atoms with van der Waals surface area (Å²) in [6, 6.07) is 0. The van der Waals surface area contributed by atoms with Crippen molar-refractivity contribution in [1.82, 2.24) is 0 Å². The van der Waals surface area contributed by atoms with Crippen molar-refractivity contribution in [3.8, 4) is 0 Å². The van der Waals surface area contributed by atoms with Gasteiger partial charge in [0, 0.05) is 6.42 Å². The highest BCUT2D eigenvalue weighted by Gasteiger charge is 2.21. The van der Waals surface area contributed by atoms with Gasteiger partial charge in [0.2, 0.25) is 0 Å². The van der Waals surface area contributed by atoms with E-state index < -0.39 is 0 Å². The second kappa shape index (κ2) is 3.21. The first kappa shape index (κ1) is 8.51. The molecular weight excluding hydrogens is 136 g/mol. The van der Waals surface area contributed by atoms with Crippen LogP contribution < -0.4 is 0 Å². The Balaban J connectivity index is 2.62. The average molecular weight is 152 g/mol. The van der Waals surface area contributed by atoms with Gasteiger partial charge < -0.3 is 0 Å². The van der Waals surface area contributed by atoms with Crippen molar-refractivity contribution in [2.24, 2.45) is 11.8 Å². The zero-order valence-corrected chi connectivity index (χ0v) is 7.55. The third kappa shape index (κ3) is 1.92. The van der Waals surface area contributed by atoms with E-state index in [1.807, 2.05) is 6.92 Å². The number of hydrogen-bond donors (Lipinski definition) is 0. The molecule has 0 saturated heterocycles. The van der Waals surface area contributed by atoms with E-state index in [1.54, 1.807) is 0 Å². The van der Waals surface area contributed by atoms with E-state index in [0.717, 1.165) is 18.4 Å². The molecule has 1 aliphatic rings. The summed E-state index contributed by atoms with van der Waals surface area (Å²) in [7, 11) is 0. The quantitative estimate of drug-likeness (QED) is 0.564. The number of rotatable bonds is 1. The molecule has 62 valence electrons. The molecule has 11 heavy (non-hydrogen) atoms. The standard InChI is InChI=1S/C10H16O/c1-7(2)9-5-4-8(3)10(11)6-9/h4,7,9H,5-6H2,1-3H3. The molecule has 0 aromatic heterocycles. The van der Waals surface area contributed by atoms with Gasteiger partial charge in [-0.1, -0.05) is 19.9 Å². The van der Waals surface area contributed by atoms with Crippen LogP contribution in [-0.4, -0.2) is 5.78 Å². The molecule has 1 atom stereocenters. The topological polar surface area (TPSA) is 17.1 Å². The van der Waals surface area contributed by atoms with Crippen molar-refractivity contribution >= 4 is 5.78 Å². The predicted octanol–water partition coefficient (Wildman–Crippen LogP) is 2.57. The molecule has 0 bridgehead atoms. The number of allylic oxidation sites excluding steroid dienone is 2. The van der Waals surface area contributed by atoms with Gasteiger partial charge in [-0.25, -0.2) is 0 Å². The van der Waals surface area contributed by atoms with Crippen molar-refractivity contribution in [2.75, 3.05) is 0 Å². The Morgan fingerprint density at radius 3 is 2.64 bits per heavy atom. The van der Waals surface area contributed by atoms with E-state index >= 15 is 0 Å². The highest BCUT2D eigenvalue weighted by Crippen LogP contribution is 2.26. The Kier molecular flexibility index (Phi) is 2.48. The van der Waals surface area contributed by atoms with Crippen LogP contribution in [0.1, 0.15) is 33.6 Å². The fourth-order valence-corrected chi connectivity index (χ4v) is 1.43. The molecule has 0 heterocycles. The van der Waals surface area contributed by atoms with Crippen LogP contribution in [0.15, 0.2) is 11.6 Å². The highest BCUT2D eigenvalue weighted by molar-refractivity contribution is 5.95. The fraction of sp³-hybridized carbons (Fsp3) is 0.700. The molecule has 0 amide bonds. The van der Waals surface area contributed by atoms with Gasteiger partial charge in [-0.15, -0.1) is 0 Å². The van der Waals surface area contributed by atoms with Crippen LogP contribution in [0.2, 0.25) is 0 Å². The normalized spacial score (nSPS) is 25.6. The summed E-state index contributed by atoms with van der Waals surface area (Å²) in [5, 5.41) is 0. The molecule has 0 radical (unpaired) electrons. The van der Waals surface area contributed by atoms with Crippen LogP contribution in [0.4, 0.5) is 0 Å². The van der Waals surface area contributed by atoms with E-state index in [-0.39, 0.29) is 0 Å². The van der Waals surface area contributed by atoms with E-state index in [9.17, 15) is 4.79 Å². The molecular formula is C10H16O. The van der Waals surface area contributed by atoms with Crippen LogP contribution in [0, 0.1) is 11.8 Å². The lowest BCUT2D eigenvalue weighted by Gasteiger charge is -2.22. The number of hydrogen-bond acceptors (Lipinski definition) is 1. The zero-order valence-electron chi connectivity index (χ0n) is 7.55. The molecule has 1 rings (SSSR count). The molecule has 0 N–H and O–H groups in total. The van der Waals surface area contributed by atoms with Gasteiger partial charge in [-0.2, -0.15) is 0 Å². The Morgan fingerprint density at radius 2 is 2.18 bits per heavy atom. The lowest BCUT2D eigenvalue weighted by molar-refractivity contribution is -0.117. The van der Waals surface area contributed by atoms with Crippen molar-refractivity contribution < 1.29 is 4.79 Å². The number of carbonyl (C=O) groups excluding carboxylic acids is 1. The highest BCUT2D eigenvalue weighted by atomic mass is 16.1. The van der Waals surface area contributed by atoms with Crippen LogP contribution in [0.3, 0.4) is 0 Å². The maximum atomic E-state index is 11.2. The zero-order chi connectivity index (χ0) is 8.43. The van der Waals surface area contributed by atoms with Gasteiger partial charge in [0.1, 0.15) is 0 Å². The Hall–Kier alpha value is -0.590. The molecule has 0 aromatic rings. The Bertz CT molecular complexity index is 189. The molecule has 0 aliphatic heterocycles. The van der Waals surface area contributed by atoms with Gasteiger partial charge in [0.05, 0.1) is 0 Å². The molecule has 1 heteroatoms. The maximum absolute atomic E-state index is 11.2. The van der Waals surface area contributed by atoms with Gasteiger partial charge in [0.25, 0.3) is 0 Å². The molecule has 0 spiro atoms. The summed E-state index contributed by atoms with van der Waals surface area (Å²) >= 11 is 0. The molecule has 0 fully saturated rings. The maximum Gasteiger partial charge on any atom is 0.158 e. The smallest absolute Gasteiger partial charge is 0.158 e. The first-order valence-electron chi connectivity index (χ1n) is 4.31. The molecule has 0 saturated carbocycles. The lowest BCUT2D eigenvalue weighted by atomic mass is 9.82. The second-order valence-electron chi connectivity index (χ2n) is 3.75. The van der Waals surface area contributed by atoms with E-state index in [4.69, 9.17) is 0 Å². The monoisotopic (exact) mass is 152 g/mol. The van der Waals surface area contributed by atoms with E-state index in [2.05, 4.69) is 19.9 Å². The first-order chi connectivity index (χ1) is 5.11. The van der Waals surface area contributed by atoms with Gasteiger partial charge >= 0.3 is 0 Å². The van der Waals surface area contributed by atoms with Crippen molar-refractivity contribution in [3.63, 3.8) is 0 Å².